The lowest BCUT2D eigenvalue weighted by Crippen LogP contribution is -2.32. The quantitative estimate of drug-likeness (QED) is 0.316. The van der Waals surface area contributed by atoms with Crippen molar-refractivity contribution in [2.45, 2.75) is 25.9 Å². The van der Waals surface area contributed by atoms with Gasteiger partial charge in [0.15, 0.2) is 5.16 Å². The SMILES string of the molecule is CCN(C(=O)CSc1nc2scc(-c3ccc(C)cc3)c2c(=O)[nH]1)c1cccc(C)c1. The van der Waals surface area contributed by atoms with Gasteiger partial charge in [-0.05, 0) is 44.0 Å². The van der Waals surface area contributed by atoms with Crippen LogP contribution in [0.2, 0.25) is 0 Å². The van der Waals surface area contributed by atoms with Gasteiger partial charge < -0.3 is 9.88 Å². The zero-order valence-electron chi connectivity index (χ0n) is 17.6. The number of fused-ring (bicyclic) bond motifs is 1. The molecule has 158 valence electrons. The number of carbonyl (C=O) groups is 1. The van der Waals surface area contributed by atoms with E-state index >= 15 is 0 Å². The summed E-state index contributed by atoms with van der Waals surface area (Å²) in [6.07, 6.45) is 0. The molecular formula is C24H23N3O2S2. The minimum Gasteiger partial charge on any atom is -0.312 e. The molecule has 0 aliphatic carbocycles. The maximum absolute atomic E-state index is 12.8. The lowest BCUT2D eigenvalue weighted by molar-refractivity contribution is -0.116. The van der Waals surface area contributed by atoms with Gasteiger partial charge in [0.2, 0.25) is 5.91 Å². The first-order valence-corrected chi connectivity index (χ1v) is 11.9. The van der Waals surface area contributed by atoms with Crippen molar-refractivity contribution in [2.24, 2.45) is 0 Å². The molecule has 1 N–H and O–H groups in total. The average molecular weight is 450 g/mol. The molecule has 0 spiro atoms. The first-order valence-electron chi connectivity index (χ1n) is 10.0. The number of hydrogen-bond donors (Lipinski definition) is 1. The Morgan fingerprint density at radius 2 is 1.90 bits per heavy atom. The highest BCUT2D eigenvalue weighted by Crippen LogP contribution is 2.31. The normalized spacial score (nSPS) is 11.1. The topological polar surface area (TPSA) is 66.1 Å². The predicted octanol–water partition coefficient (Wildman–Crippen LogP) is 5.41. The molecule has 0 bridgehead atoms. The fourth-order valence-corrected chi connectivity index (χ4v) is 5.19. The van der Waals surface area contributed by atoms with E-state index in [-0.39, 0.29) is 17.2 Å². The van der Waals surface area contributed by atoms with Crippen LogP contribution < -0.4 is 10.5 Å². The average Bonchev–Trinajstić information content (AvgIpc) is 3.18. The van der Waals surface area contributed by atoms with E-state index in [9.17, 15) is 9.59 Å². The molecule has 4 aromatic rings. The van der Waals surface area contributed by atoms with E-state index in [2.05, 4.69) is 9.97 Å². The number of aromatic amines is 1. The van der Waals surface area contributed by atoms with Gasteiger partial charge in [-0.3, -0.25) is 9.59 Å². The molecule has 0 aliphatic rings. The Hall–Kier alpha value is -2.90. The van der Waals surface area contributed by atoms with Gasteiger partial charge >= 0.3 is 0 Å². The number of carbonyl (C=O) groups excluding carboxylic acids is 1. The molecule has 5 nitrogen and oxygen atoms in total. The smallest absolute Gasteiger partial charge is 0.260 e. The number of hydrogen-bond acceptors (Lipinski definition) is 5. The van der Waals surface area contributed by atoms with Crippen LogP contribution in [0, 0.1) is 13.8 Å². The Morgan fingerprint density at radius 1 is 1.13 bits per heavy atom. The van der Waals surface area contributed by atoms with Crippen molar-refractivity contribution in [1.29, 1.82) is 0 Å². The van der Waals surface area contributed by atoms with Crippen LogP contribution in [0.5, 0.6) is 0 Å². The van der Waals surface area contributed by atoms with E-state index < -0.39 is 0 Å². The third kappa shape index (κ3) is 4.57. The Kier molecular flexibility index (Phi) is 6.25. The van der Waals surface area contributed by atoms with Crippen LogP contribution in [-0.4, -0.2) is 28.2 Å². The fraction of sp³-hybridized carbons (Fsp3) is 0.208. The minimum atomic E-state index is -0.178. The molecule has 2 aromatic heterocycles. The van der Waals surface area contributed by atoms with Crippen molar-refractivity contribution in [1.82, 2.24) is 9.97 Å². The number of benzene rings is 2. The summed E-state index contributed by atoms with van der Waals surface area (Å²) < 4.78 is 0. The third-order valence-electron chi connectivity index (χ3n) is 5.05. The minimum absolute atomic E-state index is 0.0210. The molecule has 0 aliphatic heterocycles. The summed E-state index contributed by atoms with van der Waals surface area (Å²) in [5.41, 5.74) is 4.86. The van der Waals surface area contributed by atoms with Gasteiger partial charge in [0.25, 0.3) is 5.56 Å². The molecule has 0 unspecified atom stereocenters. The van der Waals surface area contributed by atoms with Crippen molar-refractivity contribution in [2.75, 3.05) is 17.2 Å². The van der Waals surface area contributed by atoms with Crippen LogP contribution in [0.25, 0.3) is 21.3 Å². The number of nitrogens with one attached hydrogen (secondary N) is 1. The van der Waals surface area contributed by atoms with Gasteiger partial charge in [0.1, 0.15) is 4.83 Å². The van der Waals surface area contributed by atoms with Crippen LogP contribution in [0.15, 0.2) is 63.9 Å². The van der Waals surface area contributed by atoms with Gasteiger partial charge in [0.05, 0.1) is 11.1 Å². The van der Waals surface area contributed by atoms with Gasteiger partial charge in [-0.25, -0.2) is 4.98 Å². The summed E-state index contributed by atoms with van der Waals surface area (Å²) in [5, 5.41) is 3.02. The first-order chi connectivity index (χ1) is 15.0. The molecule has 0 fully saturated rings. The number of anilines is 1. The molecule has 4 rings (SSSR count). The Morgan fingerprint density at radius 3 is 2.61 bits per heavy atom. The summed E-state index contributed by atoms with van der Waals surface area (Å²) in [5.74, 6) is 0.180. The standard InChI is InChI=1S/C24H23N3O2S2/c1-4-27(18-7-5-6-16(3)12-18)20(28)14-31-24-25-22(29)21-19(13-30-23(21)26-24)17-10-8-15(2)9-11-17/h5-13H,4,14H2,1-3H3,(H,25,26,29). The van der Waals surface area contributed by atoms with Crippen molar-refractivity contribution in [3.8, 4) is 11.1 Å². The van der Waals surface area contributed by atoms with Gasteiger partial charge in [-0.15, -0.1) is 11.3 Å². The lowest BCUT2D eigenvalue weighted by Gasteiger charge is -2.21. The van der Waals surface area contributed by atoms with Crippen LogP contribution in [0.4, 0.5) is 5.69 Å². The fourth-order valence-electron chi connectivity index (χ4n) is 3.45. The molecular weight excluding hydrogens is 426 g/mol. The van der Waals surface area contributed by atoms with E-state index in [1.165, 1.54) is 28.7 Å². The summed E-state index contributed by atoms with van der Waals surface area (Å²) in [7, 11) is 0. The van der Waals surface area contributed by atoms with Gasteiger partial charge in [0, 0.05) is 23.2 Å². The molecule has 7 heteroatoms. The molecule has 0 radical (unpaired) electrons. The highest BCUT2D eigenvalue weighted by Gasteiger charge is 2.17. The molecule has 31 heavy (non-hydrogen) atoms. The van der Waals surface area contributed by atoms with Crippen molar-refractivity contribution < 1.29 is 4.79 Å². The van der Waals surface area contributed by atoms with Gasteiger partial charge in [-0.2, -0.15) is 0 Å². The highest BCUT2D eigenvalue weighted by molar-refractivity contribution is 7.99. The molecule has 0 saturated carbocycles. The van der Waals surface area contributed by atoms with Crippen molar-refractivity contribution >= 4 is 44.9 Å². The van der Waals surface area contributed by atoms with Crippen LogP contribution in [0.3, 0.4) is 0 Å². The van der Waals surface area contributed by atoms with Crippen LogP contribution >= 0.6 is 23.1 Å². The number of aromatic nitrogens is 2. The van der Waals surface area contributed by atoms with E-state index in [0.29, 0.717) is 21.9 Å². The zero-order chi connectivity index (χ0) is 22.0. The lowest BCUT2D eigenvalue weighted by atomic mass is 10.1. The van der Waals surface area contributed by atoms with Crippen LogP contribution in [-0.2, 0) is 4.79 Å². The Bertz CT molecular complexity index is 1290. The number of nitrogens with zero attached hydrogens (tertiary/aromatic N) is 2. The van der Waals surface area contributed by atoms with E-state index in [1.54, 1.807) is 4.90 Å². The maximum Gasteiger partial charge on any atom is 0.260 e. The Balaban J connectivity index is 1.55. The summed E-state index contributed by atoms with van der Waals surface area (Å²) in [6, 6.07) is 16.0. The maximum atomic E-state index is 12.8. The number of rotatable bonds is 6. The number of thioether (sulfide) groups is 1. The summed E-state index contributed by atoms with van der Waals surface area (Å²) >= 11 is 2.70. The van der Waals surface area contributed by atoms with E-state index in [1.807, 2.05) is 74.7 Å². The number of thiophene rings is 1. The number of aryl methyl sites for hydroxylation is 2. The van der Waals surface area contributed by atoms with Crippen molar-refractivity contribution in [3.63, 3.8) is 0 Å². The Labute approximate surface area is 189 Å². The second-order valence-electron chi connectivity index (χ2n) is 7.33. The van der Waals surface area contributed by atoms with E-state index in [0.717, 1.165) is 22.4 Å². The van der Waals surface area contributed by atoms with Crippen molar-refractivity contribution in [3.05, 3.63) is 75.4 Å². The molecule has 2 aromatic carbocycles. The number of amides is 1. The molecule has 1 amide bonds. The van der Waals surface area contributed by atoms with E-state index in [4.69, 9.17) is 0 Å². The molecule has 0 saturated heterocycles. The largest absolute Gasteiger partial charge is 0.312 e. The zero-order valence-corrected chi connectivity index (χ0v) is 19.3. The van der Waals surface area contributed by atoms with Crippen LogP contribution in [0.1, 0.15) is 18.1 Å². The summed E-state index contributed by atoms with van der Waals surface area (Å²) in [6.45, 7) is 6.58. The number of H-pyrrole nitrogens is 1. The monoisotopic (exact) mass is 449 g/mol. The first kappa shape index (κ1) is 21.3. The third-order valence-corrected chi connectivity index (χ3v) is 6.78. The predicted molar refractivity (Wildman–Crippen MR) is 130 cm³/mol. The second kappa shape index (κ2) is 9.08. The van der Waals surface area contributed by atoms with Gasteiger partial charge in [-0.1, -0.05) is 53.7 Å². The molecule has 0 atom stereocenters. The summed E-state index contributed by atoms with van der Waals surface area (Å²) in [4.78, 5) is 35.5. The highest BCUT2D eigenvalue weighted by atomic mass is 32.2. The molecule has 2 heterocycles. The second-order valence-corrected chi connectivity index (χ2v) is 9.15.